The number of hydrogen-bond donors (Lipinski definition) is 4. The van der Waals surface area contributed by atoms with Crippen molar-refractivity contribution in [1.29, 1.82) is 5.41 Å². The van der Waals surface area contributed by atoms with Crippen LogP contribution in [0.3, 0.4) is 0 Å². The zero-order valence-corrected chi connectivity index (χ0v) is 16.8. The third kappa shape index (κ3) is 5.47. The number of likely N-dealkylation sites (tertiary alicyclic amines) is 2. The van der Waals surface area contributed by atoms with Crippen molar-refractivity contribution in [2.75, 3.05) is 26.2 Å². The number of carbonyl (C=O) groups excluding carboxylic acids is 2. The molecule has 2 heterocycles. The van der Waals surface area contributed by atoms with Crippen LogP contribution in [0.1, 0.15) is 31.2 Å². The van der Waals surface area contributed by atoms with Crippen LogP contribution in [0.5, 0.6) is 0 Å². The van der Waals surface area contributed by atoms with Crippen molar-refractivity contribution in [3.63, 3.8) is 0 Å². The Morgan fingerprint density at radius 2 is 1.79 bits per heavy atom. The molecule has 0 aliphatic carbocycles. The summed E-state index contributed by atoms with van der Waals surface area (Å²) in [5.41, 5.74) is 12.2. The predicted molar refractivity (Wildman–Crippen MR) is 112 cm³/mol. The Balaban J connectivity index is 1.64. The highest BCUT2D eigenvalue weighted by Crippen LogP contribution is 2.20. The normalized spacial score (nSPS) is 21.2. The average Bonchev–Trinajstić information content (AvgIpc) is 3.22. The van der Waals surface area contributed by atoms with Crippen LogP contribution in [0.2, 0.25) is 0 Å². The number of amides is 2. The van der Waals surface area contributed by atoms with Crippen LogP contribution in [-0.4, -0.2) is 65.8 Å². The maximum absolute atomic E-state index is 13.3. The number of guanidine groups is 1. The summed E-state index contributed by atoms with van der Waals surface area (Å²) >= 11 is 0. The van der Waals surface area contributed by atoms with E-state index in [0.29, 0.717) is 25.3 Å². The Labute approximate surface area is 172 Å². The molecule has 0 unspecified atom stereocenters. The fourth-order valence-corrected chi connectivity index (χ4v) is 4.31. The molecular weight excluding hydrogens is 368 g/mol. The van der Waals surface area contributed by atoms with Crippen LogP contribution in [-0.2, 0) is 16.0 Å². The van der Waals surface area contributed by atoms with Gasteiger partial charge in [0.05, 0.1) is 6.04 Å². The molecule has 1 aromatic rings. The summed E-state index contributed by atoms with van der Waals surface area (Å²) in [7, 11) is 0. The number of nitrogens with one attached hydrogen (secondary N) is 2. The second kappa shape index (κ2) is 9.73. The second-order valence-electron chi connectivity index (χ2n) is 8.06. The quantitative estimate of drug-likeness (QED) is 0.386. The van der Waals surface area contributed by atoms with Crippen LogP contribution < -0.4 is 16.8 Å². The van der Waals surface area contributed by atoms with E-state index in [1.165, 1.54) is 0 Å². The van der Waals surface area contributed by atoms with Crippen LogP contribution in [0.15, 0.2) is 30.3 Å². The topological polar surface area (TPSA) is 129 Å². The van der Waals surface area contributed by atoms with E-state index in [-0.39, 0.29) is 17.9 Å². The predicted octanol–water partition coefficient (Wildman–Crippen LogP) is 0.269. The monoisotopic (exact) mass is 400 g/mol. The van der Waals surface area contributed by atoms with Gasteiger partial charge in [0, 0.05) is 19.6 Å². The van der Waals surface area contributed by atoms with Crippen LogP contribution in [0.4, 0.5) is 0 Å². The van der Waals surface area contributed by atoms with Crippen LogP contribution >= 0.6 is 0 Å². The zero-order valence-electron chi connectivity index (χ0n) is 16.8. The standard InChI is InChI=1S/C21H32N6O2/c22-19(28)18-7-4-10-27(18)20(29)17(13-15-5-2-1-3-6-15)25-14-16-8-11-26(12-9-16)21(23)24/h1-3,5-6,16-18,25H,4,7-14H2,(H2,22,28)(H3,23,24)/t17-,18+/m1/s1. The highest BCUT2D eigenvalue weighted by molar-refractivity contribution is 5.89. The number of hydrogen-bond acceptors (Lipinski definition) is 4. The van der Waals surface area contributed by atoms with Gasteiger partial charge in [-0.05, 0) is 50.1 Å². The zero-order chi connectivity index (χ0) is 20.8. The van der Waals surface area contributed by atoms with Gasteiger partial charge in [-0.15, -0.1) is 0 Å². The number of primary amides is 1. The molecular formula is C21H32N6O2. The number of benzene rings is 1. The van der Waals surface area contributed by atoms with E-state index in [0.717, 1.165) is 44.5 Å². The van der Waals surface area contributed by atoms with Gasteiger partial charge in [-0.1, -0.05) is 30.3 Å². The summed E-state index contributed by atoms with van der Waals surface area (Å²) in [4.78, 5) is 28.6. The van der Waals surface area contributed by atoms with Crippen molar-refractivity contribution in [2.45, 2.75) is 44.2 Å². The highest BCUT2D eigenvalue weighted by Gasteiger charge is 2.36. The van der Waals surface area contributed by atoms with Crippen molar-refractivity contribution in [1.82, 2.24) is 15.1 Å². The smallest absolute Gasteiger partial charge is 0.240 e. The van der Waals surface area contributed by atoms with Crippen molar-refractivity contribution in [3.05, 3.63) is 35.9 Å². The summed E-state index contributed by atoms with van der Waals surface area (Å²) < 4.78 is 0. The van der Waals surface area contributed by atoms with E-state index in [4.69, 9.17) is 16.9 Å². The highest BCUT2D eigenvalue weighted by atomic mass is 16.2. The molecule has 2 atom stereocenters. The minimum absolute atomic E-state index is 0.0451. The van der Waals surface area contributed by atoms with E-state index in [2.05, 4.69) is 5.32 Å². The van der Waals surface area contributed by atoms with Gasteiger partial charge >= 0.3 is 0 Å². The van der Waals surface area contributed by atoms with Crippen LogP contribution in [0, 0.1) is 11.3 Å². The first-order chi connectivity index (χ1) is 14.0. The van der Waals surface area contributed by atoms with Gasteiger partial charge in [-0.3, -0.25) is 15.0 Å². The number of nitrogens with zero attached hydrogens (tertiary/aromatic N) is 2. The van der Waals surface area contributed by atoms with Crippen molar-refractivity contribution in [2.24, 2.45) is 17.4 Å². The van der Waals surface area contributed by atoms with Crippen molar-refractivity contribution in [3.8, 4) is 0 Å². The Bertz CT molecular complexity index is 717. The molecule has 0 saturated carbocycles. The lowest BCUT2D eigenvalue weighted by Crippen LogP contribution is -2.53. The van der Waals surface area contributed by atoms with Gasteiger partial charge in [0.1, 0.15) is 6.04 Å². The Kier molecular flexibility index (Phi) is 7.09. The van der Waals surface area contributed by atoms with Gasteiger partial charge < -0.3 is 26.6 Å². The molecule has 8 nitrogen and oxygen atoms in total. The summed E-state index contributed by atoms with van der Waals surface area (Å²) in [6, 6.07) is 9.04. The molecule has 2 aliphatic heterocycles. The molecule has 1 aromatic carbocycles. The molecule has 2 fully saturated rings. The molecule has 3 rings (SSSR count). The first-order valence-corrected chi connectivity index (χ1v) is 10.4. The molecule has 0 spiro atoms. The summed E-state index contributed by atoms with van der Waals surface area (Å²) in [5.74, 6) is 0.0875. The number of carbonyl (C=O) groups is 2. The third-order valence-corrected chi connectivity index (χ3v) is 6.05. The number of nitrogens with two attached hydrogens (primary N) is 2. The van der Waals surface area contributed by atoms with E-state index in [9.17, 15) is 9.59 Å². The molecule has 158 valence electrons. The Morgan fingerprint density at radius 1 is 1.10 bits per heavy atom. The Morgan fingerprint density at radius 3 is 2.41 bits per heavy atom. The number of rotatable bonds is 7. The molecule has 2 saturated heterocycles. The van der Waals surface area contributed by atoms with E-state index < -0.39 is 11.9 Å². The average molecular weight is 401 g/mol. The molecule has 0 aromatic heterocycles. The van der Waals surface area contributed by atoms with Gasteiger partial charge in [-0.2, -0.15) is 0 Å². The van der Waals surface area contributed by atoms with Crippen LogP contribution in [0.25, 0.3) is 0 Å². The lowest BCUT2D eigenvalue weighted by molar-refractivity contribution is -0.139. The largest absolute Gasteiger partial charge is 0.370 e. The fourth-order valence-electron chi connectivity index (χ4n) is 4.31. The molecule has 8 heteroatoms. The summed E-state index contributed by atoms with van der Waals surface area (Å²) in [6.45, 7) is 2.85. The second-order valence-corrected chi connectivity index (χ2v) is 8.06. The van der Waals surface area contributed by atoms with E-state index >= 15 is 0 Å². The minimum Gasteiger partial charge on any atom is -0.370 e. The third-order valence-electron chi connectivity index (χ3n) is 6.05. The summed E-state index contributed by atoms with van der Waals surface area (Å²) in [5, 5.41) is 11.0. The maximum Gasteiger partial charge on any atom is 0.240 e. The maximum atomic E-state index is 13.3. The van der Waals surface area contributed by atoms with Crippen molar-refractivity contribution >= 4 is 17.8 Å². The molecule has 0 radical (unpaired) electrons. The molecule has 2 aliphatic rings. The lowest BCUT2D eigenvalue weighted by Gasteiger charge is -2.34. The first-order valence-electron chi connectivity index (χ1n) is 10.4. The van der Waals surface area contributed by atoms with Gasteiger partial charge in [0.15, 0.2) is 5.96 Å². The first kappa shape index (κ1) is 21.1. The Hall–Kier alpha value is -2.61. The van der Waals surface area contributed by atoms with Gasteiger partial charge in [0.25, 0.3) is 0 Å². The SMILES string of the molecule is N=C(N)N1CCC(CN[C@H](Cc2ccccc2)C(=O)N2CCC[C@H]2C(N)=O)CC1. The van der Waals surface area contributed by atoms with Crippen molar-refractivity contribution < 1.29 is 9.59 Å². The molecule has 29 heavy (non-hydrogen) atoms. The van der Waals surface area contributed by atoms with E-state index in [1.54, 1.807) is 4.90 Å². The fraction of sp³-hybridized carbons (Fsp3) is 0.571. The van der Waals surface area contributed by atoms with Gasteiger partial charge in [0.2, 0.25) is 11.8 Å². The molecule has 6 N–H and O–H groups in total. The lowest BCUT2D eigenvalue weighted by atomic mass is 9.96. The number of piperidine rings is 1. The van der Waals surface area contributed by atoms with E-state index in [1.807, 2.05) is 35.2 Å². The van der Waals surface area contributed by atoms with Gasteiger partial charge in [-0.25, -0.2) is 0 Å². The molecule has 2 amide bonds. The minimum atomic E-state index is -0.499. The summed E-state index contributed by atoms with van der Waals surface area (Å²) in [6.07, 6.45) is 3.90. The molecule has 0 bridgehead atoms.